The molecule has 0 atom stereocenters. The number of rotatable bonds is 5. The van der Waals surface area contributed by atoms with Crippen molar-refractivity contribution < 1.29 is 17.6 Å². The summed E-state index contributed by atoms with van der Waals surface area (Å²) in [6.07, 6.45) is 0. The summed E-state index contributed by atoms with van der Waals surface area (Å²) in [7, 11) is 3.69. The van der Waals surface area contributed by atoms with Crippen LogP contribution >= 0.6 is 24.4 Å². The third-order valence-corrected chi connectivity index (χ3v) is 5.59. The van der Waals surface area contributed by atoms with Crippen LogP contribution in [0.5, 0.6) is 0 Å². The summed E-state index contributed by atoms with van der Waals surface area (Å²) in [5, 5.41) is 7.08. The lowest BCUT2D eigenvalue weighted by Gasteiger charge is -2.11. The Balaban J connectivity index is 1.96. The first-order chi connectivity index (χ1) is 13.8. The average molecular weight is 437 g/mol. The van der Waals surface area contributed by atoms with Gasteiger partial charge in [-0.15, -0.1) is 17.7 Å². The van der Waals surface area contributed by atoms with Gasteiger partial charge in [0, 0.05) is 29.6 Å². The molecule has 150 valence electrons. The van der Waals surface area contributed by atoms with Gasteiger partial charge in [-0.25, -0.2) is 17.6 Å². The van der Waals surface area contributed by atoms with Crippen LogP contribution in [-0.4, -0.2) is 14.1 Å². The van der Waals surface area contributed by atoms with Crippen LogP contribution in [0.4, 0.5) is 34.6 Å². The van der Waals surface area contributed by atoms with E-state index in [1.165, 1.54) is 6.07 Å². The van der Waals surface area contributed by atoms with E-state index in [2.05, 4.69) is 22.9 Å². The van der Waals surface area contributed by atoms with Crippen LogP contribution in [0.1, 0.15) is 0 Å². The summed E-state index contributed by atoms with van der Waals surface area (Å²) >= 11 is 4.71. The largest absolute Gasteiger partial charge is 0.378 e. The van der Waals surface area contributed by atoms with Crippen LogP contribution in [0.25, 0.3) is 0 Å². The Kier molecular flexibility index (Phi) is 6.49. The maximum atomic E-state index is 14.5. The molecule has 9 heteroatoms. The number of hydrogen-bond donors (Lipinski definition) is 1. The molecule has 0 aliphatic rings. The molecule has 0 radical (unpaired) electrons. The Morgan fingerprint density at radius 2 is 1.38 bits per heavy atom. The summed E-state index contributed by atoms with van der Waals surface area (Å²) in [5.74, 6) is -6.31. The van der Waals surface area contributed by atoms with Gasteiger partial charge in [-0.2, -0.15) is 5.11 Å². The summed E-state index contributed by atoms with van der Waals surface area (Å²) < 4.78 is 57.7. The van der Waals surface area contributed by atoms with E-state index >= 15 is 0 Å². The van der Waals surface area contributed by atoms with Crippen molar-refractivity contribution in [3.63, 3.8) is 0 Å². The van der Waals surface area contributed by atoms with Gasteiger partial charge in [0.05, 0.1) is 10.6 Å². The van der Waals surface area contributed by atoms with Crippen molar-refractivity contribution in [3.05, 3.63) is 71.8 Å². The van der Waals surface area contributed by atoms with E-state index < -0.39 is 33.9 Å². The molecule has 0 saturated carbocycles. The Morgan fingerprint density at radius 1 is 0.793 bits per heavy atom. The van der Waals surface area contributed by atoms with Gasteiger partial charge < -0.3 is 4.90 Å². The van der Waals surface area contributed by atoms with Gasteiger partial charge >= 0.3 is 0 Å². The number of halogens is 4. The number of hydrogen-bond acceptors (Lipinski definition) is 5. The second kappa shape index (κ2) is 8.87. The van der Waals surface area contributed by atoms with E-state index in [4.69, 9.17) is 0 Å². The molecule has 0 unspecified atom stereocenters. The second-order valence-corrected chi connectivity index (χ2v) is 7.65. The molecule has 29 heavy (non-hydrogen) atoms. The van der Waals surface area contributed by atoms with Crippen molar-refractivity contribution >= 4 is 41.5 Å². The quantitative estimate of drug-likeness (QED) is 0.198. The van der Waals surface area contributed by atoms with Crippen molar-refractivity contribution in [2.24, 2.45) is 10.2 Å². The van der Waals surface area contributed by atoms with Crippen molar-refractivity contribution in [2.45, 2.75) is 14.7 Å². The van der Waals surface area contributed by atoms with E-state index in [-0.39, 0.29) is 5.69 Å². The first-order valence-electron chi connectivity index (χ1n) is 8.30. The Labute approximate surface area is 174 Å². The maximum Gasteiger partial charge on any atom is 0.190 e. The van der Waals surface area contributed by atoms with Crippen LogP contribution < -0.4 is 4.90 Å². The highest BCUT2D eigenvalue weighted by Gasteiger charge is 2.26. The third-order valence-electron chi connectivity index (χ3n) is 3.91. The number of azo groups is 1. The van der Waals surface area contributed by atoms with Crippen LogP contribution in [-0.2, 0) is 0 Å². The van der Waals surface area contributed by atoms with Crippen LogP contribution in [0.15, 0.2) is 73.4 Å². The van der Waals surface area contributed by atoms with Gasteiger partial charge in [-0.1, -0.05) is 23.9 Å². The molecule has 0 aromatic heterocycles. The lowest BCUT2D eigenvalue weighted by Crippen LogP contribution is -2.07. The van der Waals surface area contributed by atoms with Crippen LogP contribution in [0, 0.1) is 23.3 Å². The monoisotopic (exact) mass is 437 g/mol. The first kappa shape index (κ1) is 21.2. The van der Waals surface area contributed by atoms with Crippen LogP contribution in [0.3, 0.4) is 0 Å². The molecule has 0 saturated heterocycles. The molecule has 0 aliphatic heterocycles. The maximum absolute atomic E-state index is 14.5. The highest BCUT2D eigenvalue weighted by molar-refractivity contribution is 7.99. The van der Waals surface area contributed by atoms with Crippen molar-refractivity contribution in [2.75, 3.05) is 19.0 Å². The fraction of sp³-hybridized carbons (Fsp3) is 0.100. The van der Waals surface area contributed by atoms with E-state index in [1.54, 1.807) is 42.5 Å². The van der Waals surface area contributed by atoms with Crippen molar-refractivity contribution in [3.8, 4) is 0 Å². The topological polar surface area (TPSA) is 28.0 Å². The molecular weight excluding hydrogens is 422 g/mol. The summed E-state index contributed by atoms with van der Waals surface area (Å²) in [4.78, 5) is 1.81. The molecule has 0 fully saturated rings. The number of thiol groups is 1. The minimum Gasteiger partial charge on any atom is -0.378 e. The zero-order valence-corrected chi connectivity index (χ0v) is 17.0. The third kappa shape index (κ3) is 4.56. The molecule has 3 nitrogen and oxygen atoms in total. The Morgan fingerprint density at radius 3 is 1.93 bits per heavy atom. The SMILES string of the molecule is CN(C)c1ccc(N=Nc2c(F)c(F)c(Sc3ccccc3S)c(F)c2F)cc1. The molecular formula is C20H15F4N3S2. The van der Waals surface area contributed by atoms with Crippen molar-refractivity contribution in [1.29, 1.82) is 0 Å². The van der Waals surface area contributed by atoms with Gasteiger partial charge in [0.25, 0.3) is 0 Å². The lowest BCUT2D eigenvalue weighted by atomic mass is 10.2. The van der Waals surface area contributed by atoms with E-state index in [9.17, 15) is 17.6 Å². The molecule has 0 spiro atoms. The molecule has 0 bridgehead atoms. The van der Waals surface area contributed by atoms with Crippen LogP contribution in [0.2, 0.25) is 0 Å². The minimum absolute atomic E-state index is 0.276. The van der Waals surface area contributed by atoms with Gasteiger partial charge in [-0.3, -0.25) is 0 Å². The molecule has 3 aromatic rings. The second-order valence-electron chi connectivity index (χ2n) is 6.11. The average Bonchev–Trinajstić information content (AvgIpc) is 2.71. The molecule has 0 heterocycles. The molecule has 0 aliphatic carbocycles. The van der Waals surface area contributed by atoms with Gasteiger partial charge in [0.15, 0.2) is 29.0 Å². The normalized spacial score (nSPS) is 11.3. The summed E-state index contributed by atoms with van der Waals surface area (Å²) in [6.45, 7) is 0. The fourth-order valence-electron chi connectivity index (χ4n) is 2.36. The van der Waals surface area contributed by atoms with Crippen molar-refractivity contribution in [1.82, 2.24) is 0 Å². The minimum atomic E-state index is -1.61. The zero-order chi connectivity index (χ0) is 21.1. The lowest BCUT2D eigenvalue weighted by molar-refractivity contribution is 0.428. The molecule has 0 amide bonds. The van der Waals surface area contributed by atoms with E-state index in [0.717, 1.165) is 5.69 Å². The first-order valence-corrected chi connectivity index (χ1v) is 9.57. The highest BCUT2D eigenvalue weighted by atomic mass is 32.2. The summed E-state index contributed by atoms with van der Waals surface area (Å²) in [6, 6.07) is 13.0. The van der Waals surface area contributed by atoms with E-state index in [0.29, 0.717) is 21.6 Å². The Hall–Kier alpha value is -2.52. The van der Waals surface area contributed by atoms with Gasteiger partial charge in [-0.05, 0) is 36.4 Å². The van der Waals surface area contributed by atoms with E-state index in [1.807, 2.05) is 19.0 Å². The smallest absolute Gasteiger partial charge is 0.190 e. The van der Waals surface area contributed by atoms with Gasteiger partial charge in [0.2, 0.25) is 0 Å². The molecule has 0 N–H and O–H groups in total. The summed E-state index contributed by atoms with van der Waals surface area (Å²) in [5.41, 5.74) is 0.0297. The Bertz CT molecular complexity index is 1040. The number of benzene rings is 3. The predicted octanol–water partition coefficient (Wildman–Crippen LogP) is 7.16. The zero-order valence-electron chi connectivity index (χ0n) is 15.3. The predicted molar refractivity (Wildman–Crippen MR) is 109 cm³/mol. The fourth-order valence-corrected chi connectivity index (χ4v) is 3.55. The van der Waals surface area contributed by atoms with Gasteiger partial charge in [0.1, 0.15) is 0 Å². The number of nitrogens with zero attached hydrogens (tertiary/aromatic N) is 3. The molecule has 3 aromatic carbocycles. The standard InChI is InChI=1S/C20H15F4N3S2/c1-27(2)12-9-7-11(8-10-12)25-26-19-15(21)17(23)20(18(24)16(19)22)29-14-6-4-3-5-13(14)28/h3-10,28H,1-2H3. The number of anilines is 1. The highest BCUT2D eigenvalue weighted by Crippen LogP contribution is 2.40. The molecule has 3 rings (SSSR count).